The lowest BCUT2D eigenvalue weighted by molar-refractivity contribution is 0.0405. The van der Waals surface area contributed by atoms with Crippen molar-refractivity contribution in [3.63, 3.8) is 0 Å². The Morgan fingerprint density at radius 1 is 1.44 bits per heavy atom. The normalized spacial score (nSPS) is 22.1. The fourth-order valence-electron chi connectivity index (χ4n) is 1.76. The van der Waals surface area contributed by atoms with E-state index in [0.717, 1.165) is 31.4 Å². The van der Waals surface area contributed by atoms with E-state index in [2.05, 4.69) is 5.16 Å². The molecule has 94 valence electrons. The first-order valence-electron chi connectivity index (χ1n) is 5.50. The van der Waals surface area contributed by atoms with Gasteiger partial charge in [0.2, 0.25) is 0 Å². The van der Waals surface area contributed by atoms with E-state index in [1.807, 2.05) is 0 Å². The van der Waals surface area contributed by atoms with Gasteiger partial charge in [-0.15, -0.1) is 0 Å². The Bertz CT molecular complexity index is 327. The number of hydrogen-bond acceptors (Lipinski definition) is 5. The lowest BCUT2D eigenvalue weighted by Crippen LogP contribution is -2.22. The number of oxime groups is 1. The number of sulfone groups is 1. The molecular weight excluding hydrogens is 230 g/mol. The molecule has 1 N–H and O–H groups in total. The first-order chi connectivity index (χ1) is 7.51. The molecule has 0 unspecified atom stereocenters. The lowest BCUT2D eigenvalue weighted by atomic mass is 9.96. The van der Waals surface area contributed by atoms with E-state index < -0.39 is 9.84 Å². The van der Waals surface area contributed by atoms with Crippen molar-refractivity contribution in [3.05, 3.63) is 0 Å². The predicted molar refractivity (Wildman–Crippen MR) is 61.8 cm³/mol. The monoisotopic (exact) mass is 249 g/mol. The zero-order chi connectivity index (χ0) is 12.0. The van der Waals surface area contributed by atoms with Gasteiger partial charge in [-0.1, -0.05) is 5.16 Å². The fourth-order valence-corrected chi connectivity index (χ4v) is 2.40. The molecule has 0 spiro atoms. The van der Waals surface area contributed by atoms with E-state index in [0.29, 0.717) is 13.0 Å². The molecule has 5 nitrogen and oxygen atoms in total. The quantitative estimate of drug-likeness (QED) is 0.451. The maximum Gasteiger partial charge on any atom is 0.147 e. The molecule has 6 heteroatoms. The summed E-state index contributed by atoms with van der Waals surface area (Å²) < 4.78 is 27.3. The fraction of sp³-hybridized carbons (Fsp3) is 0.900. The molecule has 16 heavy (non-hydrogen) atoms. The smallest absolute Gasteiger partial charge is 0.147 e. The molecule has 0 aromatic heterocycles. The molecule has 0 aromatic rings. The van der Waals surface area contributed by atoms with Gasteiger partial charge in [0.15, 0.2) is 0 Å². The third kappa shape index (κ3) is 5.46. The van der Waals surface area contributed by atoms with Gasteiger partial charge in [0.25, 0.3) is 0 Å². The van der Waals surface area contributed by atoms with Crippen molar-refractivity contribution < 1.29 is 18.4 Å². The van der Waals surface area contributed by atoms with Gasteiger partial charge >= 0.3 is 0 Å². The van der Waals surface area contributed by atoms with Crippen LogP contribution in [-0.2, 0) is 14.6 Å². The Morgan fingerprint density at radius 2 is 2.06 bits per heavy atom. The van der Waals surface area contributed by atoms with E-state index in [1.54, 1.807) is 0 Å². The summed E-state index contributed by atoms with van der Waals surface area (Å²) in [6, 6.07) is 0. The van der Waals surface area contributed by atoms with Crippen LogP contribution in [0.1, 0.15) is 32.1 Å². The first kappa shape index (κ1) is 13.4. The van der Waals surface area contributed by atoms with E-state index in [1.165, 1.54) is 6.26 Å². The SMILES string of the molecule is CS(=O)(=O)CCCOC1CCC(=NO)CC1. The van der Waals surface area contributed by atoms with E-state index in [-0.39, 0.29) is 11.9 Å². The molecule has 1 saturated carbocycles. The zero-order valence-corrected chi connectivity index (χ0v) is 10.4. The molecule has 1 aliphatic carbocycles. The molecule has 1 rings (SSSR count). The van der Waals surface area contributed by atoms with Crippen LogP contribution in [0.3, 0.4) is 0 Å². The van der Waals surface area contributed by atoms with Crippen LogP contribution in [-0.4, -0.2) is 44.1 Å². The minimum atomic E-state index is -2.87. The van der Waals surface area contributed by atoms with Gasteiger partial charge in [-0.2, -0.15) is 0 Å². The van der Waals surface area contributed by atoms with Crippen molar-refractivity contribution in [2.75, 3.05) is 18.6 Å². The van der Waals surface area contributed by atoms with Crippen molar-refractivity contribution in [1.82, 2.24) is 0 Å². The average Bonchev–Trinajstić information content (AvgIpc) is 2.24. The Morgan fingerprint density at radius 3 is 2.56 bits per heavy atom. The Kier molecular flexibility index (Phi) is 5.21. The van der Waals surface area contributed by atoms with Crippen LogP contribution in [0.15, 0.2) is 5.16 Å². The van der Waals surface area contributed by atoms with Gasteiger partial charge in [0.05, 0.1) is 17.6 Å². The maximum absolute atomic E-state index is 10.9. The number of rotatable bonds is 5. The second-order valence-electron chi connectivity index (χ2n) is 4.22. The highest BCUT2D eigenvalue weighted by atomic mass is 32.2. The largest absolute Gasteiger partial charge is 0.411 e. The van der Waals surface area contributed by atoms with Crippen LogP contribution in [0.5, 0.6) is 0 Å². The number of ether oxygens (including phenoxy) is 1. The second-order valence-corrected chi connectivity index (χ2v) is 6.48. The standard InChI is InChI=1S/C10H19NO4S/c1-16(13,14)8-2-7-15-10-5-3-9(11-12)4-6-10/h10,12H,2-8H2,1H3. The summed E-state index contributed by atoms with van der Waals surface area (Å²) in [6.45, 7) is 0.489. The molecular formula is C10H19NO4S. The zero-order valence-electron chi connectivity index (χ0n) is 9.55. The highest BCUT2D eigenvalue weighted by Crippen LogP contribution is 2.19. The molecule has 1 fully saturated rings. The third-order valence-electron chi connectivity index (χ3n) is 2.66. The molecule has 1 aliphatic rings. The maximum atomic E-state index is 10.9. The molecule has 0 radical (unpaired) electrons. The van der Waals surface area contributed by atoms with Crippen LogP contribution < -0.4 is 0 Å². The molecule has 0 atom stereocenters. The first-order valence-corrected chi connectivity index (χ1v) is 7.56. The summed E-state index contributed by atoms with van der Waals surface area (Å²) in [5.74, 6) is 0.184. The highest BCUT2D eigenvalue weighted by molar-refractivity contribution is 7.90. The van der Waals surface area contributed by atoms with Gasteiger partial charge in [0.1, 0.15) is 9.84 Å². The van der Waals surface area contributed by atoms with Crippen molar-refractivity contribution in [1.29, 1.82) is 0 Å². The summed E-state index contributed by atoms with van der Waals surface area (Å²) in [5.41, 5.74) is 0.830. The van der Waals surface area contributed by atoms with Gasteiger partial charge < -0.3 is 9.94 Å². The predicted octanol–water partition coefficient (Wildman–Crippen LogP) is 1.21. The van der Waals surface area contributed by atoms with Crippen LogP contribution in [0, 0.1) is 0 Å². The molecule has 0 aromatic carbocycles. The summed E-state index contributed by atoms with van der Waals surface area (Å²) in [7, 11) is -2.87. The summed E-state index contributed by atoms with van der Waals surface area (Å²) in [6.07, 6.45) is 5.23. The molecule has 0 bridgehead atoms. The van der Waals surface area contributed by atoms with Crippen molar-refractivity contribution in [3.8, 4) is 0 Å². The third-order valence-corrected chi connectivity index (χ3v) is 3.69. The van der Waals surface area contributed by atoms with Crippen LogP contribution in [0.4, 0.5) is 0 Å². The molecule has 0 heterocycles. The van der Waals surface area contributed by atoms with Crippen molar-refractivity contribution >= 4 is 15.5 Å². The van der Waals surface area contributed by atoms with Crippen LogP contribution >= 0.6 is 0 Å². The van der Waals surface area contributed by atoms with Gasteiger partial charge in [0, 0.05) is 12.9 Å². The lowest BCUT2D eigenvalue weighted by Gasteiger charge is -2.22. The van der Waals surface area contributed by atoms with Crippen LogP contribution in [0.25, 0.3) is 0 Å². The molecule has 0 saturated heterocycles. The summed E-state index contributed by atoms with van der Waals surface area (Å²) in [4.78, 5) is 0. The van der Waals surface area contributed by atoms with E-state index >= 15 is 0 Å². The Balaban J connectivity index is 2.11. The Hall–Kier alpha value is -0.620. The van der Waals surface area contributed by atoms with Gasteiger partial charge in [-0.3, -0.25) is 0 Å². The van der Waals surface area contributed by atoms with Crippen molar-refractivity contribution in [2.45, 2.75) is 38.2 Å². The Labute approximate surface area is 96.4 Å². The summed E-state index contributed by atoms with van der Waals surface area (Å²) in [5, 5.41) is 11.8. The molecule has 0 aliphatic heterocycles. The number of nitrogens with zero attached hydrogens (tertiary/aromatic N) is 1. The minimum absolute atomic E-state index is 0.184. The van der Waals surface area contributed by atoms with Crippen LogP contribution in [0.2, 0.25) is 0 Å². The number of hydrogen-bond donors (Lipinski definition) is 1. The van der Waals surface area contributed by atoms with E-state index in [4.69, 9.17) is 9.94 Å². The second kappa shape index (κ2) is 6.20. The average molecular weight is 249 g/mol. The van der Waals surface area contributed by atoms with Gasteiger partial charge in [-0.05, 0) is 32.1 Å². The minimum Gasteiger partial charge on any atom is -0.411 e. The summed E-state index contributed by atoms with van der Waals surface area (Å²) >= 11 is 0. The topological polar surface area (TPSA) is 76.0 Å². The van der Waals surface area contributed by atoms with E-state index in [9.17, 15) is 8.42 Å². The highest BCUT2D eigenvalue weighted by Gasteiger charge is 2.18. The molecule has 0 amide bonds. The van der Waals surface area contributed by atoms with Crippen molar-refractivity contribution in [2.24, 2.45) is 5.16 Å². The van der Waals surface area contributed by atoms with Gasteiger partial charge in [-0.25, -0.2) is 8.42 Å².